The zero-order chi connectivity index (χ0) is 14.8. The van der Waals surface area contributed by atoms with Crippen LogP contribution >= 0.6 is 0 Å². The Morgan fingerprint density at radius 2 is 2.20 bits per heavy atom. The molecular weight excluding hydrogens is 256 g/mol. The lowest BCUT2D eigenvalue weighted by Gasteiger charge is -2.09. The highest BCUT2D eigenvalue weighted by atomic mass is 16.5. The predicted molar refractivity (Wildman–Crippen MR) is 78.8 cm³/mol. The topological polar surface area (TPSA) is 76.1 Å². The van der Waals surface area contributed by atoms with Crippen LogP contribution in [-0.2, 0) is 4.79 Å². The molecule has 112 valence electrons. The molecule has 1 rings (SSSR count). The van der Waals surface area contributed by atoms with Gasteiger partial charge in [0.05, 0.1) is 6.61 Å². The van der Waals surface area contributed by atoms with E-state index in [9.17, 15) is 4.79 Å². The van der Waals surface area contributed by atoms with Crippen molar-refractivity contribution in [3.05, 3.63) is 12.4 Å². The number of carbonyl (C=O) groups excluding carboxylic acids is 1. The summed E-state index contributed by atoms with van der Waals surface area (Å²) in [7, 11) is 0. The van der Waals surface area contributed by atoms with E-state index in [-0.39, 0.29) is 5.91 Å². The highest BCUT2D eigenvalue weighted by molar-refractivity contribution is 5.76. The summed E-state index contributed by atoms with van der Waals surface area (Å²) in [5.41, 5.74) is 0. The predicted octanol–water partition coefficient (Wildman–Crippen LogP) is 1.84. The Morgan fingerprint density at radius 3 is 2.90 bits per heavy atom. The maximum absolute atomic E-state index is 11.5. The van der Waals surface area contributed by atoms with Crippen molar-refractivity contribution in [1.82, 2.24) is 15.3 Å². The number of nitrogens with zero attached hydrogens (tertiary/aromatic N) is 2. The second-order valence-corrected chi connectivity index (χ2v) is 4.96. The van der Waals surface area contributed by atoms with Crippen molar-refractivity contribution in [2.75, 3.05) is 25.0 Å². The molecule has 0 atom stereocenters. The zero-order valence-electron chi connectivity index (χ0n) is 12.5. The maximum atomic E-state index is 11.5. The number of amides is 1. The van der Waals surface area contributed by atoms with Crippen LogP contribution in [0.5, 0.6) is 5.88 Å². The number of rotatable bonds is 9. The molecule has 1 aromatic rings. The molecule has 6 nitrogen and oxygen atoms in total. The lowest BCUT2D eigenvalue weighted by Crippen LogP contribution is -2.28. The molecule has 0 saturated heterocycles. The number of carbonyl (C=O) groups is 1. The summed E-state index contributed by atoms with van der Waals surface area (Å²) in [4.78, 5) is 19.6. The molecule has 1 heterocycles. The van der Waals surface area contributed by atoms with Gasteiger partial charge in [0.15, 0.2) is 0 Å². The number of hydrogen-bond donors (Lipinski definition) is 2. The fraction of sp³-hybridized carbons (Fsp3) is 0.643. The Kier molecular flexibility index (Phi) is 7.39. The summed E-state index contributed by atoms with van der Waals surface area (Å²) < 4.78 is 5.42. The molecule has 0 bridgehead atoms. The minimum absolute atomic E-state index is 0.0442. The van der Waals surface area contributed by atoms with Crippen LogP contribution in [0.2, 0.25) is 0 Å². The van der Waals surface area contributed by atoms with Crippen LogP contribution in [0.4, 0.5) is 5.82 Å². The van der Waals surface area contributed by atoms with Gasteiger partial charge < -0.3 is 15.4 Å². The standard InChI is InChI=1S/C14H24N4O2/c1-4-7-20-14-8-12(17-10-18-14)15-6-5-13(19)16-9-11(2)3/h8,10-11H,4-7,9H2,1-3H3,(H,16,19)(H,15,17,18). The van der Waals surface area contributed by atoms with Crippen molar-refractivity contribution in [1.29, 1.82) is 0 Å². The van der Waals surface area contributed by atoms with Crippen molar-refractivity contribution in [3.63, 3.8) is 0 Å². The van der Waals surface area contributed by atoms with Gasteiger partial charge in [-0.05, 0) is 12.3 Å². The number of aromatic nitrogens is 2. The Morgan fingerprint density at radius 1 is 1.40 bits per heavy atom. The largest absolute Gasteiger partial charge is 0.478 e. The monoisotopic (exact) mass is 280 g/mol. The van der Waals surface area contributed by atoms with E-state index in [2.05, 4.69) is 34.4 Å². The molecule has 20 heavy (non-hydrogen) atoms. The smallest absolute Gasteiger partial charge is 0.221 e. The van der Waals surface area contributed by atoms with Gasteiger partial charge in [-0.1, -0.05) is 20.8 Å². The Bertz CT molecular complexity index is 410. The lowest BCUT2D eigenvalue weighted by atomic mass is 10.2. The van der Waals surface area contributed by atoms with E-state index >= 15 is 0 Å². The summed E-state index contributed by atoms with van der Waals surface area (Å²) in [5.74, 6) is 1.73. The molecule has 2 N–H and O–H groups in total. The molecule has 1 amide bonds. The summed E-state index contributed by atoms with van der Waals surface area (Å²) >= 11 is 0. The minimum atomic E-state index is 0.0442. The maximum Gasteiger partial charge on any atom is 0.221 e. The van der Waals surface area contributed by atoms with E-state index in [4.69, 9.17) is 4.74 Å². The Balaban J connectivity index is 2.29. The Hall–Kier alpha value is -1.85. The van der Waals surface area contributed by atoms with E-state index < -0.39 is 0 Å². The molecular formula is C14H24N4O2. The molecule has 1 aromatic heterocycles. The fourth-order valence-electron chi connectivity index (χ4n) is 1.43. The number of anilines is 1. The molecule has 6 heteroatoms. The van der Waals surface area contributed by atoms with Crippen LogP contribution < -0.4 is 15.4 Å². The Labute approximate surface area is 120 Å². The van der Waals surface area contributed by atoms with Crippen LogP contribution in [0.15, 0.2) is 12.4 Å². The third kappa shape index (κ3) is 6.92. The molecule has 0 aliphatic carbocycles. The normalized spacial score (nSPS) is 10.4. The van der Waals surface area contributed by atoms with E-state index in [1.807, 2.05) is 6.92 Å². The molecule has 0 saturated carbocycles. The van der Waals surface area contributed by atoms with E-state index in [1.54, 1.807) is 6.07 Å². The van der Waals surface area contributed by atoms with Crippen molar-refractivity contribution < 1.29 is 9.53 Å². The quantitative estimate of drug-likeness (QED) is 0.722. The molecule has 0 fully saturated rings. The van der Waals surface area contributed by atoms with Crippen LogP contribution in [0.3, 0.4) is 0 Å². The zero-order valence-corrected chi connectivity index (χ0v) is 12.5. The van der Waals surface area contributed by atoms with Gasteiger partial charge in [0.1, 0.15) is 12.1 Å². The number of ether oxygens (including phenoxy) is 1. The highest BCUT2D eigenvalue weighted by Crippen LogP contribution is 2.10. The minimum Gasteiger partial charge on any atom is -0.478 e. The van der Waals surface area contributed by atoms with Gasteiger partial charge in [0.2, 0.25) is 11.8 Å². The summed E-state index contributed by atoms with van der Waals surface area (Å²) in [6.45, 7) is 8.05. The summed E-state index contributed by atoms with van der Waals surface area (Å²) in [6.07, 6.45) is 2.80. The van der Waals surface area contributed by atoms with Crippen molar-refractivity contribution in [3.8, 4) is 5.88 Å². The highest BCUT2D eigenvalue weighted by Gasteiger charge is 2.03. The molecule has 0 unspecified atom stereocenters. The lowest BCUT2D eigenvalue weighted by molar-refractivity contribution is -0.120. The van der Waals surface area contributed by atoms with Crippen molar-refractivity contribution in [2.45, 2.75) is 33.6 Å². The summed E-state index contributed by atoms with van der Waals surface area (Å²) in [5, 5.41) is 5.96. The first-order valence-electron chi connectivity index (χ1n) is 7.07. The SMILES string of the molecule is CCCOc1cc(NCCC(=O)NCC(C)C)ncn1. The molecule has 0 spiro atoms. The first-order chi connectivity index (χ1) is 9.61. The van der Waals surface area contributed by atoms with Gasteiger partial charge in [-0.25, -0.2) is 9.97 Å². The second-order valence-electron chi connectivity index (χ2n) is 4.96. The molecule has 0 radical (unpaired) electrons. The number of nitrogens with one attached hydrogen (secondary N) is 2. The molecule has 0 aliphatic heterocycles. The van der Waals surface area contributed by atoms with Crippen LogP contribution in [-0.4, -0.2) is 35.6 Å². The fourth-order valence-corrected chi connectivity index (χ4v) is 1.43. The second kappa shape index (κ2) is 9.12. The first-order valence-corrected chi connectivity index (χ1v) is 7.07. The van der Waals surface area contributed by atoms with E-state index in [0.717, 1.165) is 6.42 Å². The van der Waals surface area contributed by atoms with Gasteiger partial charge in [-0.2, -0.15) is 0 Å². The van der Waals surface area contributed by atoms with Crippen LogP contribution in [0, 0.1) is 5.92 Å². The average Bonchev–Trinajstić information content (AvgIpc) is 2.43. The van der Waals surface area contributed by atoms with Crippen molar-refractivity contribution >= 4 is 11.7 Å². The third-order valence-corrected chi connectivity index (χ3v) is 2.46. The van der Waals surface area contributed by atoms with Crippen LogP contribution in [0.1, 0.15) is 33.6 Å². The molecule has 0 aromatic carbocycles. The van der Waals surface area contributed by atoms with Gasteiger partial charge in [0, 0.05) is 25.6 Å². The third-order valence-electron chi connectivity index (χ3n) is 2.46. The average molecular weight is 280 g/mol. The van der Waals surface area contributed by atoms with E-state index in [1.165, 1.54) is 6.33 Å². The first kappa shape index (κ1) is 16.2. The van der Waals surface area contributed by atoms with Gasteiger partial charge in [-0.15, -0.1) is 0 Å². The molecule has 0 aliphatic rings. The van der Waals surface area contributed by atoms with E-state index in [0.29, 0.717) is 43.7 Å². The van der Waals surface area contributed by atoms with Gasteiger partial charge >= 0.3 is 0 Å². The van der Waals surface area contributed by atoms with Crippen LogP contribution in [0.25, 0.3) is 0 Å². The van der Waals surface area contributed by atoms with Gasteiger partial charge in [0.25, 0.3) is 0 Å². The van der Waals surface area contributed by atoms with Gasteiger partial charge in [-0.3, -0.25) is 4.79 Å². The van der Waals surface area contributed by atoms with Crippen molar-refractivity contribution in [2.24, 2.45) is 5.92 Å². The number of hydrogen-bond acceptors (Lipinski definition) is 5. The summed E-state index contributed by atoms with van der Waals surface area (Å²) in [6, 6.07) is 1.74.